The molecule has 0 saturated carbocycles. The van der Waals surface area contributed by atoms with Crippen LogP contribution in [0.1, 0.15) is 20.3 Å². The van der Waals surface area contributed by atoms with Crippen LogP contribution in [0.25, 0.3) is 0 Å². The predicted molar refractivity (Wildman–Crippen MR) is 60.5 cm³/mol. The van der Waals surface area contributed by atoms with Gasteiger partial charge in [0.05, 0.1) is 0 Å². The summed E-state index contributed by atoms with van der Waals surface area (Å²) >= 11 is 0. The van der Waals surface area contributed by atoms with Crippen molar-refractivity contribution in [2.75, 3.05) is 0 Å². The molecule has 0 rings (SSSR count). The molecule has 0 saturated heterocycles. The van der Waals surface area contributed by atoms with Gasteiger partial charge in [-0.25, -0.2) is 22.0 Å². The lowest BCUT2D eigenvalue weighted by molar-refractivity contribution is -0.448. The van der Waals surface area contributed by atoms with Gasteiger partial charge < -0.3 is 0 Å². The van der Waals surface area contributed by atoms with Crippen LogP contribution in [-0.4, -0.2) is 53.3 Å². The van der Waals surface area contributed by atoms with Crippen molar-refractivity contribution in [3.63, 3.8) is 0 Å². The maximum absolute atomic E-state index is 14.0. The lowest BCUT2D eigenvalue weighted by Crippen LogP contribution is -2.80. The van der Waals surface area contributed by atoms with Gasteiger partial charge in [0.15, 0.2) is 0 Å². The highest BCUT2D eigenvalue weighted by atomic mass is 19.4. The van der Waals surface area contributed by atoms with E-state index in [2.05, 4.69) is 0 Å². The molecule has 0 aromatic heterocycles. The highest BCUT2D eigenvalue weighted by Gasteiger charge is 2.96. The Balaban J connectivity index is 7.35. The minimum absolute atomic E-state index is 0.214. The van der Waals surface area contributed by atoms with Crippen LogP contribution >= 0.6 is 0 Å². The second-order valence-corrected chi connectivity index (χ2v) is 6.02. The van der Waals surface area contributed by atoms with E-state index >= 15 is 0 Å². The van der Waals surface area contributed by atoms with Gasteiger partial charge >= 0.3 is 41.7 Å². The van der Waals surface area contributed by atoms with Crippen LogP contribution in [0, 0.1) is 0 Å². The van der Waals surface area contributed by atoms with Crippen molar-refractivity contribution < 1.29 is 79.0 Å². The Hall–Kier alpha value is -1.26. The van der Waals surface area contributed by atoms with Crippen molar-refractivity contribution in [1.29, 1.82) is 0 Å². The number of rotatable bonds is 6. The topological polar surface area (TPSA) is 0 Å². The Morgan fingerprint density at radius 1 is 0.433 bits per heavy atom. The maximum Gasteiger partial charge on any atom is 0.435 e. The summed E-state index contributed by atoms with van der Waals surface area (Å²) in [5.41, 5.74) is -23.4. The van der Waals surface area contributed by atoms with Gasteiger partial charge in [0.1, 0.15) is 0 Å². The minimum Gasteiger partial charge on any atom is -0.233 e. The highest BCUT2D eigenvalue weighted by Crippen LogP contribution is 2.66. The van der Waals surface area contributed by atoms with E-state index in [1.54, 1.807) is 0 Å². The van der Waals surface area contributed by atoms with E-state index < -0.39 is 66.6 Å². The van der Waals surface area contributed by atoms with Gasteiger partial charge in [0.2, 0.25) is 5.67 Å². The molecule has 0 aliphatic carbocycles. The summed E-state index contributed by atoms with van der Waals surface area (Å²) in [6.07, 6.45) is -26.3. The third-order valence-electron chi connectivity index (χ3n) is 4.18. The van der Waals surface area contributed by atoms with Crippen LogP contribution in [0.15, 0.2) is 0 Å². The quantitative estimate of drug-likeness (QED) is 0.345. The molecule has 0 fully saturated rings. The predicted octanol–water partition coefficient (Wildman–Crippen LogP) is 7.13. The summed E-state index contributed by atoms with van der Waals surface area (Å²) in [6, 6.07) is 0. The van der Waals surface area contributed by atoms with Crippen LogP contribution in [0.4, 0.5) is 79.0 Å². The smallest absolute Gasteiger partial charge is 0.233 e. The standard InChI is InChI=1S/C12H8F18/c1-3-5(14,15)7(17,12(28,29)30)9(20,21)8(18,19)4(2,13)6(16,10(22,23)24)11(25,26)27/h3H2,1-2H3. The summed E-state index contributed by atoms with van der Waals surface area (Å²) in [5.74, 6) is -23.3. The van der Waals surface area contributed by atoms with Gasteiger partial charge in [-0.1, -0.05) is 6.92 Å². The molecule has 0 amide bonds. The molecule has 18 heteroatoms. The van der Waals surface area contributed by atoms with Crippen LogP contribution in [-0.2, 0) is 0 Å². The summed E-state index contributed by atoms with van der Waals surface area (Å²) in [4.78, 5) is 0. The van der Waals surface area contributed by atoms with Crippen molar-refractivity contribution in [2.24, 2.45) is 0 Å². The first kappa shape index (κ1) is 28.7. The maximum atomic E-state index is 14.0. The lowest BCUT2D eigenvalue weighted by Gasteiger charge is -2.48. The fourth-order valence-corrected chi connectivity index (χ4v) is 2.28. The van der Waals surface area contributed by atoms with Crippen molar-refractivity contribution >= 4 is 0 Å². The Morgan fingerprint density at radius 2 is 0.700 bits per heavy atom. The molecule has 0 nitrogen and oxygen atoms in total. The molecular weight excluding hydrogens is 486 g/mol. The van der Waals surface area contributed by atoms with Gasteiger partial charge in [-0.15, -0.1) is 0 Å². The van der Waals surface area contributed by atoms with Gasteiger partial charge in [0.25, 0.3) is 5.92 Å². The zero-order valence-electron chi connectivity index (χ0n) is 14.0. The SMILES string of the molecule is CCC(F)(F)C(F)(C(F)(F)F)C(F)(F)C(F)(F)C(C)(F)C(F)(C(F)(F)F)C(F)(F)F. The second kappa shape index (κ2) is 6.87. The van der Waals surface area contributed by atoms with Gasteiger partial charge in [-0.05, 0) is 6.92 Å². The zero-order chi connectivity index (χ0) is 25.2. The fraction of sp³-hybridized carbons (Fsp3) is 1.00. The first-order valence-corrected chi connectivity index (χ1v) is 6.96. The number of alkyl halides is 18. The number of halogens is 18. The van der Waals surface area contributed by atoms with Crippen LogP contribution < -0.4 is 0 Å². The van der Waals surface area contributed by atoms with E-state index in [0.717, 1.165) is 0 Å². The second-order valence-electron chi connectivity index (χ2n) is 6.02. The third kappa shape index (κ3) is 3.26. The van der Waals surface area contributed by atoms with Gasteiger partial charge in [-0.2, -0.15) is 57.1 Å². The fourth-order valence-electron chi connectivity index (χ4n) is 2.28. The Morgan fingerprint density at radius 3 is 0.900 bits per heavy atom. The molecule has 0 aromatic carbocycles. The molecule has 0 radical (unpaired) electrons. The van der Waals surface area contributed by atoms with Crippen molar-refractivity contribution in [3.05, 3.63) is 0 Å². The van der Waals surface area contributed by atoms with E-state index in [-0.39, 0.29) is 6.92 Å². The molecule has 0 spiro atoms. The molecule has 0 aromatic rings. The highest BCUT2D eigenvalue weighted by molar-refractivity contribution is 5.23. The Kier molecular flexibility index (Phi) is 6.58. The van der Waals surface area contributed by atoms with E-state index in [9.17, 15) is 79.0 Å². The Labute approximate surface area is 154 Å². The summed E-state index contributed by atoms with van der Waals surface area (Å²) in [5, 5.41) is 0. The summed E-state index contributed by atoms with van der Waals surface area (Å²) in [7, 11) is 0. The first-order valence-electron chi connectivity index (χ1n) is 6.96. The van der Waals surface area contributed by atoms with E-state index in [1.165, 1.54) is 0 Å². The molecule has 182 valence electrons. The average molecular weight is 494 g/mol. The normalized spacial score (nSPS) is 20.0. The van der Waals surface area contributed by atoms with E-state index in [1.807, 2.05) is 0 Å². The number of hydrogen-bond donors (Lipinski definition) is 0. The molecule has 0 aliphatic rings. The van der Waals surface area contributed by atoms with Crippen LogP contribution in [0.3, 0.4) is 0 Å². The molecule has 0 aliphatic heterocycles. The monoisotopic (exact) mass is 494 g/mol. The molecule has 0 heterocycles. The van der Waals surface area contributed by atoms with Crippen LogP contribution in [0.5, 0.6) is 0 Å². The first-order chi connectivity index (χ1) is 12.6. The molecule has 2 atom stereocenters. The molecule has 0 N–H and O–H groups in total. The molecular formula is C12H8F18. The van der Waals surface area contributed by atoms with Crippen molar-refractivity contribution in [1.82, 2.24) is 0 Å². The van der Waals surface area contributed by atoms with Gasteiger partial charge in [0, 0.05) is 6.42 Å². The lowest BCUT2D eigenvalue weighted by atomic mass is 9.73. The van der Waals surface area contributed by atoms with Crippen molar-refractivity contribution in [2.45, 2.75) is 73.6 Å². The summed E-state index contributed by atoms with van der Waals surface area (Å²) < 4.78 is 236. The van der Waals surface area contributed by atoms with Gasteiger partial charge in [-0.3, -0.25) is 0 Å². The largest absolute Gasteiger partial charge is 0.435 e. The summed E-state index contributed by atoms with van der Waals surface area (Å²) in [6.45, 7) is -2.13. The van der Waals surface area contributed by atoms with Crippen LogP contribution in [0.2, 0.25) is 0 Å². The Bertz CT molecular complexity index is 605. The number of hydrogen-bond acceptors (Lipinski definition) is 0. The average Bonchev–Trinajstić information content (AvgIpc) is 2.48. The molecule has 0 bridgehead atoms. The third-order valence-corrected chi connectivity index (χ3v) is 4.18. The van der Waals surface area contributed by atoms with Crippen molar-refractivity contribution in [3.8, 4) is 0 Å². The molecule has 2 unspecified atom stereocenters. The van der Waals surface area contributed by atoms with E-state index in [4.69, 9.17) is 0 Å². The van der Waals surface area contributed by atoms with E-state index in [0.29, 0.717) is 0 Å². The zero-order valence-corrected chi connectivity index (χ0v) is 14.0. The minimum atomic E-state index is -8.39. The molecule has 30 heavy (non-hydrogen) atoms.